The van der Waals surface area contributed by atoms with E-state index in [0.29, 0.717) is 37.7 Å². The summed E-state index contributed by atoms with van der Waals surface area (Å²) in [5.41, 5.74) is -0.115. The van der Waals surface area contributed by atoms with E-state index >= 15 is 0 Å². The minimum absolute atomic E-state index is 0.0258. The van der Waals surface area contributed by atoms with Gasteiger partial charge in [0.2, 0.25) is 5.91 Å². The number of alkyl halides is 3. The number of likely N-dealkylation sites (tertiary alicyclic amines) is 1. The number of hydrogen-bond donors (Lipinski definition) is 1. The number of carbonyl (C=O) groups is 2. The van der Waals surface area contributed by atoms with Crippen molar-refractivity contribution in [3.63, 3.8) is 0 Å². The predicted octanol–water partition coefficient (Wildman–Crippen LogP) is 4.66. The van der Waals surface area contributed by atoms with Crippen molar-refractivity contribution in [2.24, 2.45) is 5.92 Å². The van der Waals surface area contributed by atoms with Crippen molar-refractivity contribution in [3.05, 3.63) is 51.8 Å². The number of carbonyl (C=O) groups excluding carboxylic acids is 2. The van der Waals surface area contributed by atoms with Crippen LogP contribution in [-0.2, 0) is 23.9 Å². The van der Waals surface area contributed by atoms with E-state index in [1.54, 1.807) is 4.90 Å². The summed E-state index contributed by atoms with van der Waals surface area (Å²) in [4.78, 5) is 28.9. The molecule has 1 fully saturated rings. The Labute approximate surface area is 199 Å². The lowest BCUT2D eigenvalue weighted by Crippen LogP contribution is -2.39. The zero-order valence-electron chi connectivity index (χ0n) is 19.5. The number of rotatable bonds is 3. The van der Waals surface area contributed by atoms with Crippen molar-refractivity contribution < 1.29 is 31.5 Å². The number of aromatic nitrogens is 2. The Morgan fingerprint density at radius 3 is 2.40 bits per heavy atom. The van der Waals surface area contributed by atoms with Gasteiger partial charge < -0.3 is 9.80 Å². The van der Waals surface area contributed by atoms with Gasteiger partial charge in [0.25, 0.3) is 5.91 Å². The summed E-state index contributed by atoms with van der Waals surface area (Å²) in [6.07, 6.45) is -3.39. The highest BCUT2D eigenvalue weighted by Crippen LogP contribution is 2.41. The van der Waals surface area contributed by atoms with Crippen LogP contribution in [0.5, 0.6) is 0 Å². The Bertz CT molecular complexity index is 1120. The van der Waals surface area contributed by atoms with E-state index in [2.05, 4.69) is 10.2 Å². The van der Waals surface area contributed by atoms with Gasteiger partial charge in [0.05, 0.1) is 17.8 Å². The maximum atomic E-state index is 14.0. The number of nitrogens with zero attached hydrogens (tertiary/aromatic N) is 3. The number of nitrogens with one attached hydrogen (secondary N) is 1. The summed E-state index contributed by atoms with van der Waals surface area (Å²) in [5, 5.41) is 7.09. The van der Waals surface area contributed by atoms with Crippen LogP contribution in [0.2, 0.25) is 0 Å². The molecule has 1 saturated heterocycles. The molecule has 2 aromatic rings. The fourth-order valence-corrected chi connectivity index (χ4v) is 4.99. The molecule has 4 rings (SSSR count). The first kappa shape index (κ1) is 25.1. The Balaban J connectivity index is 1.48. The zero-order valence-corrected chi connectivity index (χ0v) is 19.5. The van der Waals surface area contributed by atoms with Crippen LogP contribution in [0.1, 0.15) is 71.9 Å². The molecule has 2 amide bonds. The first-order valence-electron chi connectivity index (χ1n) is 11.7. The molecular weight excluding hydrogens is 471 g/mol. The number of hydrogen-bond acceptors (Lipinski definition) is 3. The number of fused-ring (bicyclic) bond motifs is 1. The summed E-state index contributed by atoms with van der Waals surface area (Å²) < 4.78 is 67.8. The maximum absolute atomic E-state index is 14.0. The van der Waals surface area contributed by atoms with E-state index in [4.69, 9.17) is 0 Å². The molecule has 190 valence electrons. The highest BCUT2D eigenvalue weighted by molar-refractivity contribution is 5.94. The van der Waals surface area contributed by atoms with Crippen molar-refractivity contribution in [2.75, 3.05) is 19.6 Å². The summed E-state index contributed by atoms with van der Waals surface area (Å²) in [6.45, 7) is 4.91. The number of piperidine rings is 1. The van der Waals surface area contributed by atoms with Gasteiger partial charge in [-0.05, 0) is 43.2 Å². The molecule has 6 nitrogen and oxygen atoms in total. The Morgan fingerprint density at radius 2 is 1.77 bits per heavy atom. The molecule has 0 radical (unpaired) electrons. The summed E-state index contributed by atoms with van der Waals surface area (Å²) in [7, 11) is 0. The van der Waals surface area contributed by atoms with E-state index < -0.39 is 29.3 Å². The number of halogens is 5. The molecule has 0 aliphatic carbocycles. The summed E-state index contributed by atoms with van der Waals surface area (Å²) >= 11 is 0. The number of amides is 2. The van der Waals surface area contributed by atoms with Gasteiger partial charge in [-0.1, -0.05) is 19.9 Å². The molecule has 0 unspecified atom stereocenters. The molecule has 0 spiro atoms. The van der Waals surface area contributed by atoms with E-state index in [1.165, 1.54) is 4.90 Å². The summed E-state index contributed by atoms with van der Waals surface area (Å²) in [6, 6.07) is 1.70. The maximum Gasteiger partial charge on any atom is 0.419 e. The SMILES string of the molecule is CC(C)C(=O)N1CCCc2c(C(=O)N3CCC(c4ccc(F)c(F)c4C(F)(F)F)CC3)n[nH]c2C1. The molecule has 1 aromatic carbocycles. The highest BCUT2D eigenvalue weighted by atomic mass is 19.4. The van der Waals surface area contributed by atoms with E-state index in [9.17, 15) is 31.5 Å². The van der Waals surface area contributed by atoms with Crippen LogP contribution < -0.4 is 0 Å². The molecule has 2 aliphatic rings. The molecule has 11 heteroatoms. The lowest BCUT2D eigenvalue weighted by molar-refractivity contribution is -0.141. The quantitative estimate of drug-likeness (QED) is 0.626. The lowest BCUT2D eigenvalue weighted by Gasteiger charge is -2.33. The minimum atomic E-state index is -5.02. The third-order valence-corrected chi connectivity index (χ3v) is 6.80. The average Bonchev–Trinajstić information content (AvgIpc) is 3.08. The van der Waals surface area contributed by atoms with Gasteiger partial charge in [-0.15, -0.1) is 0 Å². The van der Waals surface area contributed by atoms with Gasteiger partial charge in [-0.2, -0.15) is 18.3 Å². The molecule has 1 aromatic heterocycles. The van der Waals surface area contributed by atoms with Crippen LogP contribution in [0.4, 0.5) is 22.0 Å². The van der Waals surface area contributed by atoms with Crippen molar-refractivity contribution >= 4 is 11.8 Å². The predicted molar refractivity (Wildman–Crippen MR) is 116 cm³/mol. The fourth-order valence-electron chi connectivity index (χ4n) is 4.99. The number of benzene rings is 1. The fraction of sp³-hybridized carbons (Fsp3) is 0.542. The largest absolute Gasteiger partial charge is 0.419 e. The van der Waals surface area contributed by atoms with Gasteiger partial charge in [-0.25, -0.2) is 8.78 Å². The van der Waals surface area contributed by atoms with Crippen molar-refractivity contribution in [1.82, 2.24) is 20.0 Å². The second-order valence-corrected chi connectivity index (χ2v) is 9.44. The molecule has 0 saturated carbocycles. The summed E-state index contributed by atoms with van der Waals surface area (Å²) in [5.74, 6) is -4.53. The number of H-pyrrole nitrogens is 1. The topological polar surface area (TPSA) is 69.3 Å². The van der Waals surface area contributed by atoms with Gasteiger partial charge in [-0.3, -0.25) is 14.7 Å². The molecule has 2 aliphatic heterocycles. The van der Waals surface area contributed by atoms with Crippen molar-refractivity contribution in [1.29, 1.82) is 0 Å². The van der Waals surface area contributed by atoms with E-state index in [0.717, 1.165) is 11.6 Å². The van der Waals surface area contributed by atoms with Gasteiger partial charge in [0, 0.05) is 31.1 Å². The minimum Gasteiger partial charge on any atom is -0.337 e. The van der Waals surface area contributed by atoms with Gasteiger partial charge in [0.15, 0.2) is 17.3 Å². The molecule has 3 heterocycles. The third-order valence-electron chi connectivity index (χ3n) is 6.80. The van der Waals surface area contributed by atoms with Crippen LogP contribution in [0, 0.1) is 17.6 Å². The first-order chi connectivity index (χ1) is 16.5. The Morgan fingerprint density at radius 1 is 1.09 bits per heavy atom. The molecule has 0 bridgehead atoms. The van der Waals surface area contributed by atoms with Crippen LogP contribution >= 0.6 is 0 Å². The molecule has 1 N–H and O–H groups in total. The third kappa shape index (κ3) is 4.90. The second-order valence-electron chi connectivity index (χ2n) is 9.44. The van der Waals surface area contributed by atoms with Crippen LogP contribution in [-0.4, -0.2) is 51.4 Å². The van der Waals surface area contributed by atoms with Gasteiger partial charge in [0.1, 0.15) is 0 Å². The zero-order chi connectivity index (χ0) is 25.5. The van der Waals surface area contributed by atoms with E-state index in [1.807, 2.05) is 13.8 Å². The standard InChI is InChI=1S/C24H27F5N4O2/c1-13(2)22(34)33-9-3-4-16-18(12-33)30-31-21(16)23(35)32-10-7-14(8-11-32)15-5-6-17(25)20(26)19(15)24(27,28)29/h5-6,13-14H,3-4,7-12H2,1-2H3,(H,30,31). The van der Waals surface area contributed by atoms with Gasteiger partial charge >= 0.3 is 6.18 Å². The average molecular weight is 498 g/mol. The smallest absolute Gasteiger partial charge is 0.337 e. The van der Waals surface area contributed by atoms with Crippen LogP contribution in [0.15, 0.2) is 12.1 Å². The second kappa shape index (κ2) is 9.58. The Hall–Kier alpha value is -2.98. The van der Waals surface area contributed by atoms with Crippen LogP contribution in [0.3, 0.4) is 0 Å². The lowest BCUT2D eigenvalue weighted by atomic mass is 9.85. The molecular formula is C24H27F5N4O2. The normalized spacial score (nSPS) is 17.5. The highest BCUT2D eigenvalue weighted by Gasteiger charge is 2.41. The number of aromatic amines is 1. The monoisotopic (exact) mass is 498 g/mol. The molecule has 0 atom stereocenters. The molecule has 35 heavy (non-hydrogen) atoms. The van der Waals surface area contributed by atoms with Crippen molar-refractivity contribution in [2.45, 2.75) is 58.2 Å². The van der Waals surface area contributed by atoms with E-state index in [-0.39, 0.29) is 54.9 Å². The first-order valence-corrected chi connectivity index (χ1v) is 11.7. The van der Waals surface area contributed by atoms with Crippen molar-refractivity contribution in [3.8, 4) is 0 Å². The Kier molecular flexibility index (Phi) is 6.88. The van der Waals surface area contributed by atoms with Crippen LogP contribution in [0.25, 0.3) is 0 Å².